The van der Waals surface area contributed by atoms with Gasteiger partial charge in [-0.2, -0.15) is 0 Å². The predicted octanol–water partition coefficient (Wildman–Crippen LogP) is 3.48. The van der Waals surface area contributed by atoms with E-state index in [0.717, 1.165) is 16.7 Å². The zero-order chi connectivity index (χ0) is 23.1. The number of rotatable bonds is 9. The molecule has 3 aromatic rings. The van der Waals surface area contributed by atoms with Crippen molar-refractivity contribution in [2.75, 3.05) is 0 Å². The molecule has 0 saturated heterocycles. The predicted molar refractivity (Wildman–Crippen MR) is 124 cm³/mol. The van der Waals surface area contributed by atoms with Crippen LogP contribution in [0.2, 0.25) is 0 Å². The molecule has 0 fully saturated rings. The fourth-order valence-electron chi connectivity index (χ4n) is 3.61. The largest absolute Gasteiger partial charge is 0.481 e. The number of nitrogens with two attached hydrogens (primary N) is 1. The van der Waals surface area contributed by atoms with Gasteiger partial charge in [-0.3, -0.25) is 20.0 Å². The molecule has 164 valence electrons. The number of aromatic nitrogens is 1. The van der Waals surface area contributed by atoms with Gasteiger partial charge in [-0.05, 0) is 53.8 Å². The van der Waals surface area contributed by atoms with Crippen molar-refractivity contribution in [3.8, 4) is 11.1 Å². The third kappa shape index (κ3) is 5.57. The van der Waals surface area contributed by atoms with Crippen molar-refractivity contribution in [1.29, 1.82) is 5.41 Å². The van der Waals surface area contributed by atoms with E-state index in [1.807, 2.05) is 31.2 Å². The van der Waals surface area contributed by atoms with Gasteiger partial charge in [-0.25, -0.2) is 0 Å². The molecule has 2 unspecified atom stereocenters. The van der Waals surface area contributed by atoms with Crippen molar-refractivity contribution in [2.24, 2.45) is 11.7 Å². The molecule has 32 heavy (non-hydrogen) atoms. The number of carboxylic acids is 1. The number of nitrogens with zero attached hydrogens (tertiary/aromatic N) is 1. The molecule has 3 rings (SSSR count). The lowest BCUT2D eigenvalue weighted by Gasteiger charge is -2.24. The molecule has 7 nitrogen and oxygen atoms in total. The van der Waals surface area contributed by atoms with Gasteiger partial charge in [-0.15, -0.1) is 0 Å². The van der Waals surface area contributed by atoms with Crippen LogP contribution in [0.5, 0.6) is 0 Å². The standard InChI is InChI=1S/C25H26N4O3/c1-2-22(21(25(31)32)14-16-5-3-6-19(13-16)23(26)27)29-24(30)18-10-8-17(9-11-18)20-7-4-12-28-15-20/h3-13,15,21-22H,2,14H2,1H3,(H3,26,27)(H,29,30)(H,31,32). The first-order valence-corrected chi connectivity index (χ1v) is 10.4. The minimum atomic E-state index is -0.989. The van der Waals surface area contributed by atoms with Crippen molar-refractivity contribution in [3.05, 3.63) is 89.7 Å². The Labute approximate surface area is 186 Å². The summed E-state index contributed by atoms with van der Waals surface area (Å²) < 4.78 is 0. The van der Waals surface area contributed by atoms with Gasteiger partial charge >= 0.3 is 5.97 Å². The molecule has 0 radical (unpaired) electrons. The SMILES string of the molecule is CCC(NC(=O)c1ccc(-c2cccnc2)cc1)C(Cc1cccc(C(=N)N)c1)C(=O)O. The van der Waals surface area contributed by atoms with E-state index in [9.17, 15) is 14.7 Å². The van der Waals surface area contributed by atoms with E-state index in [4.69, 9.17) is 11.1 Å². The Balaban J connectivity index is 1.74. The van der Waals surface area contributed by atoms with Gasteiger partial charge in [0.2, 0.25) is 0 Å². The van der Waals surface area contributed by atoms with Crippen LogP contribution in [0, 0.1) is 11.3 Å². The molecule has 0 spiro atoms. The van der Waals surface area contributed by atoms with Crippen LogP contribution in [0.1, 0.15) is 34.8 Å². The first kappa shape index (κ1) is 22.7. The molecule has 7 heteroatoms. The van der Waals surface area contributed by atoms with Crippen molar-refractivity contribution >= 4 is 17.7 Å². The Kier molecular flexibility index (Phi) is 7.33. The zero-order valence-electron chi connectivity index (χ0n) is 17.8. The third-order valence-corrected chi connectivity index (χ3v) is 5.39. The number of hydrogen-bond acceptors (Lipinski definition) is 4. The highest BCUT2D eigenvalue weighted by atomic mass is 16.4. The molecule has 1 amide bonds. The maximum atomic E-state index is 12.8. The molecule has 0 aliphatic heterocycles. The van der Waals surface area contributed by atoms with Gasteiger partial charge in [-0.1, -0.05) is 43.3 Å². The monoisotopic (exact) mass is 430 g/mol. The van der Waals surface area contributed by atoms with E-state index in [1.165, 1.54) is 0 Å². The van der Waals surface area contributed by atoms with Crippen molar-refractivity contribution < 1.29 is 14.7 Å². The summed E-state index contributed by atoms with van der Waals surface area (Å²) in [6, 6.07) is 17.3. The van der Waals surface area contributed by atoms with Crippen LogP contribution in [0.4, 0.5) is 0 Å². The molecule has 1 heterocycles. The molecular formula is C25H26N4O3. The van der Waals surface area contributed by atoms with E-state index < -0.39 is 17.9 Å². The average molecular weight is 431 g/mol. The minimum absolute atomic E-state index is 0.0752. The van der Waals surface area contributed by atoms with Crippen LogP contribution in [0.15, 0.2) is 73.1 Å². The molecule has 2 atom stereocenters. The lowest BCUT2D eigenvalue weighted by atomic mass is 9.89. The lowest BCUT2D eigenvalue weighted by Crippen LogP contribution is -2.44. The van der Waals surface area contributed by atoms with Gasteiger partial charge in [0.15, 0.2) is 0 Å². The first-order chi connectivity index (χ1) is 15.4. The summed E-state index contributed by atoms with van der Waals surface area (Å²) in [6.07, 6.45) is 4.13. The zero-order valence-corrected chi connectivity index (χ0v) is 17.8. The first-order valence-electron chi connectivity index (χ1n) is 10.4. The fraction of sp³-hybridized carbons (Fsp3) is 0.200. The summed E-state index contributed by atoms with van der Waals surface area (Å²) in [4.78, 5) is 28.9. The minimum Gasteiger partial charge on any atom is -0.481 e. The Morgan fingerprint density at radius 2 is 1.81 bits per heavy atom. The molecule has 2 aromatic carbocycles. The maximum Gasteiger partial charge on any atom is 0.308 e. The van der Waals surface area contributed by atoms with E-state index in [-0.39, 0.29) is 18.2 Å². The highest BCUT2D eigenvalue weighted by Crippen LogP contribution is 2.20. The number of aliphatic carboxylic acids is 1. The molecule has 1 aromatic heterocycles. The van der Waals surface area contributed by atoms with E-state index in [0.29, 0.717) is 17.5 Å². The van der Waals surface area contributed by atoms with Crippen LogP contribution < -0.4 is 11.1 Å². The summed E-state index contributed by atoms with van der Waals surface area (Å²) >= 11 is 0. The summed E-state index contributed by atoms with van der Waals surface area (Å²) in [5.74, 6) is -2.20. The van der Waals surface area contributed by atoms with E-state index >= 15 is 0 Å². The van der Waals surface area contributed by atoms with Crippen molar-refractivity contribution in [3.63, 3.8) is 0 Å². The summed E-state index contributed by atoms with van der Waals surface area (Å²) in [5, 5.41) is 20.3. The molecule has 0 aliphatic rings. The quantitative estimate of drug-likeness (QED) is 0.305. The smallest absolute Gasteiger partial charge is 0.308 e. The van der Waals surface area contributed by atoms with Crippen molar-refractivity contribution in [2.45, 2.75) is 25.8 Å². The number of benzene rings is 2. The number of amides is 1. The van der Waals surface area contributed by atoms with Gasteiger partial charge in [0.25, 0.3) is 5.91 Å². The van der Waals surface area contributed by atoms with Crippen molar-refractivity contribution in [1.82, 2.24) is 10.3 Å². The van der Waals surface area contributed by atoms with Crippen LogP contribution in [-0.2, 0) is 11.2 Å². The van der Waals surface area contributed by atoms with E-state index in [2.05, 4.69) is 10.3 Å². The Morgan fingerprint density at radius 3 is 2.41 bits per heavy atom. The number of carboxylic acid groups (broad SMARTS) is 1. The van der Waals surface area contributed by atoms with Gasteiger partial charge in [0.05, 0.1) is 5.92 Å². The summed E-state index contributed by atoms with van der Waals surface area (Å²) in [7, 11) is 0. The molecule has 5 N–H and O–H groups in total. The number of hydrogen-bond donors (Lipinski definition) is 4. The van der Waals surface area contributed by atoms with Crippen LogP contribution in [0.25, 0.3) is 11.1 Å². The number of carbonyl (C=O) groups excluding carboxylic acids is 1. The van der Waals surface area contributed by atoms with Gasteiger partial charge < -0.3 is 16.2 Å². The Morgan fingerprint density at radius 1 is 1.06 bits per heavy atom. The second-order valence-corrected chi connectivity index (χ2v) is 7.57. The number of carbonyl (C=O) groups is 2. The highest BCUT2D eigenvalue weighted by molar-refractivity contribution is 5.95. The molecule has 0 aliphatic carbocycles. The average Bonchev–Trinajstić information content (AvgIpc) is 2.81. The number of nitrogens with one attached hydrogen (secondary N) is 2. The number of amidine groups is 1. The van der Waals surface area contributed by atoms with Crippen LogP contribution >= 0.6 is 0 Å². The Hall–Kier alpha value is -4.00. The summed E-state index contributed by atoms with van der Waals surface area (Å²) in [5.41, 5.74) is 9.18. The maximum absolute atomic E-state index is 12.8. The lowest BCUT2D eigenvalue weighted by molar-refractivity contribution is -0.142. The second-order valence-electron chi connectivity index (χ2n) is 7.57. The Bertz CT molecular complexity index is 1100. The van der Waals surface area contributed by atoms with Gasteiger partial charge in [0.1, 0.15) is 5.84 Å². The summed E-state index contributed by atoms with van der Waals surface area (Å²) in [6.45, 7) is 1.85. The second kappa shape index (κ2) is 10.3. The highest BCUT2D eigenvalue weighted by Gasteiger charge is 2.29. The third-order valence-electron chi connectivity index (χ3n) is 5.39. The van der Waals surface area contributed by atoms with Crippen LogP contribution in [-0.4, -0.2) is 33.8 Å². The van der Waals surface area contributed by atoms with Gasteiger partial charge in [0, 0.05) is 29.6 Å². The number of nitrogen functional groups attached to an aromatic ring is 1. The topological polar surface area (TPSA) is 129 Å². The molecule has 0 bridgehead atoms. The number of pyridine rings is 1. The van der Waals surface area contributed by atoms with Crippen LogP contribution in [0.3, 0.4) is 0 Å². The van der Waals surface area contributed by atoms with E-state index in [1.54, 1.807) is 48.8 Å². The fourth-order valence-corrected chi connectivity index (χ4v) is 3.61. The molecular weight excluding hydrogens is 404 g/mol. The normalized spacial score (nSPS) is 12.5. The molecule has 0 saturated carbocycles.